The number of nitrogens with zero attached hydrogens (tertiary/aromatic N) is 5. The van der Waals surface area contributed by atoms with Crippen LogP contribution in [0.3, 0.4) is 0 Å². The zero-order valence-electron chi connectivity index (χ0n) is 24.0. The first-order chi connectivity index (χ1) is 18.0. The highest BCUT2D eigenvalue weighted by molar-refractivity contribution is 5.94. The van der Waals surface area contributed by atoms with Crippen LogP contribution in [0.15, 0.2) is 30.6 Å². The quantitative estimate of drug-likeness (QED) is 0.588. The molecular weight excluding hydrogens is 476 g/mol. The monoisotopic (exact) mass is 520 g/mol. The van der Waals surface area contributed by atoms with Crippen molar-refractivity contribution in [2.24, 2.45) is 0 Å². The molecule has 2 aliphatic heterocycles. The number of nitrogens with one attached hydrogen (secondary N) is 1. The molecule has 206 valence electrons. The Kier molecular flexibility index (Phi) is 8.71. The van der Waals surface area contributed by atoms with E-state index in [1.165, 1.54) is 17.5 Å². The first-order valence-electron chi connectivity index (χ1n) is 13.9. The Morgan fingerprint density at radius 1 is 1.03 bits per heavy atom. The average Bonchev–Trinajstić information content (AvgIpc) is 3.35. The van der Waals surface area contributed by atoms with Crippen LogP contribution in [0, 0.1) is 6.92 Å². The minimum atomic E-state index is -0.0262. The van der Waals surface area contributed by atoms with E-state index >= 15 is 0 Å². The van der Waals surface area contributed by atoms with Crippen molar-refractivity contribution >= 4 is 17.6 Å². The van der Waals surface area contributed by atoms with Gasteiger partial charge in [-0.15, -0.1) is 0 Å². The van der Waals surface area contributed by atoms with Crippen molar-refractivity contribution < 1.29 is 9.59 Å². The summed E-state index contributed by atoms with van der Waals surface area (Å²) in [4.78, 5) is 40.7. The van der Waals surface area contributed by atoms with E-state index in [4.69, 9.17) is 0 Å². The molecule has 2 aliphatic rings. The van der Waals surface area contributed by atoms with Crippen molar-refractivity contribution in [3.63, 3.8) is 0 Å². The molecule has 1 aromatic carbocycles. The number of benzene rings is 1. The summed E-state index contributed by atoms with van der Waals surface area (Å²) in [7, 11) is 3.65. The maximum absolute atomic E-state index is 13.4. The lowest BCUT2D eigenvalue weighted by Crippen LogP contribution is -2.49. The summed E-state index contributed by atoms with van der Waals surface area (Å²) in [6.45, 7) is 11.6. The van der Waals surface area contributed by atoms with Crippen LogP contribution in [0.2, 0.25) is 0 Å². The molecule has 2 amide bonds. The van der Waals surface area contributed by atoms with Crippen molar-refractivity contribution in [1.82, 2.24) is 24.7 Å². The van der Waals surface area contributed by atoms with Crippen LogP contribution in [0.25, 0.3) is 0 Å². The van der Waals surface area contributed by atoms with Gasteiger partial charge in [-0.05, 0) is 55.7 Å². The minimum Gasteiger partial charge on any atom is -0.366 e. The number of rotatable bonds is 7. The molecule has 1 aromatic heterocycles. The second-order valence-corrected chi connectivity index (χ2v) is 12.0. The van der Waals surface area contributed by atoms with Gasteiger partial charge in [-0.3, -0.25) is 14.5 Å². The van der Waals surface area contributed by atoms with Crippen LogP contribution in [0.1, 0.15) is 80.1 Å². The van der Waals surface area contributed by atoms with Crippen molar-refractivity contribution in [3.05, 3.63) is 53.0 Å². The van der Waals surface area contributed by atoms with Gasteiger partial charge >= 0.3 is 0 Å². The van der Waals surface area contributed by atoms with Gasteiger partial charge < -0.3 is 15.1 Å². The summed E-state index contributed by atoms with van der Waals surface area (Å²) in [5.41, 5.74) is 3.85. The predicted octanol–water partition coefficient (Wildman–Crippen LogP) is 4.24. The lowest BCUT2D eigenvalue weighted by molar-refractivity contribution is -0.130. The molecule has 0 unspecified atom stereocenters. The largest absolute Gasteiger partial charge is 0.366 e. The highest BCUT2D eigenvalue weighted by Gasteiger charge is 2.35. The third kappa shape index (κ3) is 6.52. The number of hydrogen-bond donors (Lipinski definition) is 1. The summed E-state index contributed by atoms with van der Waals surface area (Å²) in [6, 6.07) is 9.37. The molecule has 4 rings (SSSR count). The SMILES string of the molecule is Cc1c(NCc2ccc(C(C)(C)C)cc2)ncnc1C(=O)N1CCC(N2CCC[C@H]2CC(=O)N(C)C)CC1. The molecule has 8 nitrogen and oxygen atoms in total. The van der Waals surface area contributed by atoms with Crippen molar-refractivity contribution in [3.8, 4) is 0 Å². The van der Waals surface area contributed by atoms with Gasteiger partial charge in [0.05, 0.1) is 0 Å². The standard InChI is InChI=1S/C30H44N6O2/c1-21-27(32-20-33-28(21)31-19-22-9-11-23(12-10-22)30(2,3)4)29(38)35-16-13-24(14-17-35)36-15-7-8-25(36)18-26(37)34(5)6/h9-12,20,24-25H,7-8,13-19H2,1-6H3,(H,31,32,33)/t25-/m0/s1. The van der Waals surface area contributed by atoms with Gasteiger partial charge in [0.25, 0.3) is 5.91 Å². The highest BCUT2D eigenvalue weighted by Crippen LogP contribution is 2.29. The number of carbonyl (C=O) groups excluding carboxylic acids is 2. The molecule has 2 aromatic rings. The Hall–Kier alpha value is -3.00. The number of anilines is 1. The summed E-state index contributed by atoms with van der Waals surface area (Å²) in [5, 5.41) is 3.40. The number of piperidine rings is 1. The van der Waals surface area contributed by atoms with E-state index in [2.05, 4.69) is 65.2 Å². The summed E-state index contributed by atoms with van der Waals surface area (Å²) in [5.74, 6) is 0.866. The summed E-state index contributed by atoms with van der Waals surface area (Å²) >= 11 is 0. The molecule has 3 heterocycles. The fourth-order valence-electron chi connectivity index (χ4n) is 5.64. The van der Waals surface area contributed by atoms with Gasteiger partial charge in [0, 0.05) is 57.8 Å². The maximum Gasteiger partial charge on any atom is 0.272 e. The molecule has 0 spiro atoms. The van der Waals surface area contributed by atoms with Crippen LogP contribution in [-0.4, -0.2) is 82.3 Å². The fourth-order valence-corrected chi connectivity index (χ4v) is 5.64. The Bertz CT molecular complexity index is 1120. The predicted molar refractivity (Wildman–Crippen MR) is 151 cm³/mol. The fraction of sp³-hybridized carbons (Fsp3) is 0.600. The Balaban J connectivity index is 1.34. The van der Waals surface area contributed by atoms with Crippen LogP contribution < -0.4 is 5.32 Å². The first-order valence-corrected chi connectivity index (χ1v) is 13.9. The van der Waals surface area contributed by atoms with E-state index < -0.39 is 0 Å². The second kappa shape index (κ2) is 11.8. The van der Waals surface area contributed by atoms with E-state index in [9.17, 15) is 9.59 Å². The first kappa shape index (κ1) is 28.0. The van der Waals surface area contributed by atoms with Gasteiger partial charge in [-0.1, -0.05) is 45.0 Å². The highest BCUT2D eigenvalue weighted by atomic mass is 16.2. The molecule has 38 heavy (non-hydrogen) atoms. The lowest BCUT2D eigenvalue weighted by atomic mass is 9.87. The smallest absolute Gasteiger partial charge is 0.272 e. The van der Waals surface area contributed by atoms with Crippen LogP contribution in [0.5, 0.6) is 0 Å². The number of amides is 2. The number of hydrogen-bond acceptors (Lipinski definition) is 6. The zero-order chi connectivity index (χ0) is 27.4. The molecule has 8 heteroatoms. The normalized spacial score (nSPS) is 19.0. The molecule has 0 saturated carbocycles. The van der Waals surface area contributed by atoms with Gasteiger partial charge in [-0.2, -0.15) is 0 Å². The molecule has 2 saturated heterocycles. The number of aromatic nitrogens is 2. The van der Waals surface area contributed by atoms with Gasteiger partial charge in [0.2, 0.25) is 5.91 Å². The van der Waals surface area contributed by atoms with Crippen LogP contribution >= 0.6 is 0 Å². The van der Waals surface area contributed by atoms with Crippen LogP contribution in [-0.2, 0) is 16.8 Å². The Morgan fingerprint density at radius 3 is 2.34 bits per heavy atom. The molecule has 0 aliphatic carbocycles. The zero-order valence-corrected chi connectivity index (χ0v) is 24.0. The summed E-state index contributed by atoms with van der Waals surface area (Å²) < 4.78 is 0. The van der Waals surface area contributed by atoms with Gasteiger partial charge in [-0.25, -0.2) is 9.97 Å². The van der Waals surface area contributed by atoms with Crippen LogP contribution in [0.4, 0.5) is 5.82 Å². The lowest BCUT2D eigenvalue weighted by Gasteiger charge is -2.39. The van der Waals surface area contributed by atoms with E-state index in [0.29, 0.717) is 49.7 Å². The summed E-state index contributed by atoms with van der Waals surface area (Å²) in [6.07, 6.45) is 6.14. The van der Waals surface area contributed by atoms with Crippen molar-refractivity contribution in [2.75, 3.05) is 39.0 Å². The van der Waals surface area contributed by atoms with E-state index in [0.717, 1.165) is 37.8 Å². The molecule has 1 atom stereocenters. The van der Waals surface area contributed by atoms with Crippen molar-refractivity contribution in [2.45, 2.75) is 83.8 Å². The molecule has 0 bridgehead atoms. The molecule has 1 N–H and O–H groups in total. The van der Waals surface area contributed by atoms with Gasteiger partial charge in [0.1, 0.15) is 17.8 Å². The Morgan fingerprint density at radius 2 is 1.71 bits per heavy atom. The second-order valence-electron chi connectivity index (χ2n) is 12.0. The molecule has 2 fully saturated rings. The maximum atomic E-state index is 13.4. The molecular formula is C30H44N6O2. The van der Waals surface area contributed by atoms with E-state index in [1.54, 1.807) is 4.90 Å². The topological polar surface area (TPSA) is 81.7 Å². The third-order valence-corrected chi connectivity index (χ3v) is 8.12. The van der Waals surface area contributed by atoms with E-state index in [-0.39, 0.29) is 17.2 Å². The third-order valence-electron chi connectivity index (χ3n) is 8.12. The van der Waals surface area contributed by atoms with E-state index in [1.807, 2.05) is 25.9 Å². The van der Waals surface area contributed by atoms with Gasteiger partial charge in [0.15, 0.2) is 0 Å². The minimum absolute atomic E-state index is 0.0262. The number of carbonyl (C=O) groups is 2. The molecule has 0 radical (unpaired) electrons. The Labute approximate surface area is 227 Å². The number of likely N-dealkylation sites (tertiary alicyclic amines) is 2. The average molecular weight is 521 g/mol. The van der Waals surface area contributed by atoms with Crippen molar-refractivity contribution in [1.29, 1.82) is 0 Å².